The summed E-state index contributed by atoms with van der Waals surface area (Å²) in [7, 11) is 1.93. The van der Waals surface area contributed by atoms with Crippen LogP contribution in [0.4, 0.5) is 0 Å². The van der Waals surface area contributed by atoms with E-state index >= 15 is 0 Å². The predicted octanol–water partition coefficient (Wildman–Crippen LogP) is 3.76. The summed E-state index contributed by atoms with van der Waals surface area (Å²) in [6.07, 6.45) is 5.91. The van der Waals surface area contributed by atoms with E-state index in [4.69, 9.17) is 13.6 Å². The highest BCUT2D eigenvalue weighted by Crippen LogP contribution is 2.31. The van der Waals surface area contributed by atoms with E-state index < -0.39 is 0 Å². The molecule has 2 heterocycles. The highest BCUT2D eigenvalue weighted by Gasteiger charge is 2.16. The van der Waals surface area contributed by atoms with Crippen molar-refractivity contribution in [3.8, 4) is 5.75 Å². The smallest absolute Gasteiger partial charge is 0.137 e. The molecule has 0 aliphatic rings. The van der Waals surface area contributed by atoms with Gasteiger partial charge >= 0.3 is 0 Å². The zero-order valence-corrected chi connectivity index (χ0v) is 11.3. The number of rotatable bonds is 6. The zero-order chi connectivity index (χ0) is 13.8. The minimum atomic E-state index is -0.0401. The van der Waals surface area contributed by atoms with E-state index in [0.29, 0.717) is 0 Å². The summed E-state index contributed by atoms with van der Waals surface area (Å²) in [4.78, 5) is 0. The molecule has 3 rings (SSSR count). The fourth-order valence-electron chi connectivity index (χ4n) is 2.25. The maximum Gasteiger partial charge on any atom is 0.137 e. The number of ether oxygens (including phenoxy) is 1. The highest BCUT2D eigenvalue weighted by molar-refractivity contribution is 5.83. The first-order valence-electron chi connectivity index (χ1n) is 6.68. The molecule has 1 N–H and O–H groups in total. The van der Waals surface area contributed by atoms with Crippen LogP contribution in [0.25, 0.3) is 11.0 Å². The van der Waals surface area contributed by atoms with Crippen molar-refractivity contribution in [1.29, 1.82) is 0 Å². The van der Waals surface area contributed by atoms with E-state index in [1.807, 2.05) is 37.4 Å². The molecule has 4 nitrogen and oxygen atoms in total. The zero-order valence-electron chi connectivity index (χ0n) is 11.3. The third kappa shape index (κ3) is 2.56. The fourth-order valence-corrected chi connectivity index (χ4v) is 2.25. The summed E-state index contributed by atoms with van der Waals surface area (Å²) in [5.41, 5.74) is 1.88. The molecular weight excluding hydrogens is 254 g/mol. The van der Waals surface area contributed by atoms with Crippen LogP contribution in [0.15, 0.2) is 58.0 Å². The molecule has 4 heteroatoms. The van der Waals surface area contributed by atoms with Gasteiger partial charge in [0.15, 0.2) is 0 Å². The summed E-state index contributed by atoms with van der Waals surface area (Å²) in [5.74, 6) is 0.832. The van der Waals surface area contributed by atoms with Gasteiger partial charge in [0, 0.05) is 12.0 Å². The normalized spacial score (nSPS) is 12.7. The Morgan fingerprint density at radius 1 is 1.20 bits per heavy atom. The Morgan fingerprint density at radius 3 is 2.95 bits per heavy atom. The van der Waals surface area contributed by atoms with E-state index in [9.17, 15) is 0 Å². The lowest BCUT2D eigenvalue weighted by Gasteiger charge is -2.18. The molecule has 20 heavy (non-hydrogen) atoms. The van der Waals surface area contributed by atoms with Gasteiger partial charge in [-0.2, -0.15) is 0 Å². The quantitative estimate of drug-likeness (QED) is 0.741. The highest BCUT2D eigenvalue weighted by atomic mass is 16.5. The molecule has 0 bridgehead atoms. The Kier molecular flexibility index (Phi) is 3.74. The summed E-state index contributed by atoms with van der Waals surface area (Å²) in [6.45, 7) is 0.872. The average molecular weight is 271 g/mol. The number of nitrogens with one attached hydrogen (secondary N) is 1. The third-order valence-corrected chi connectivity index (χ3v) is 3.30. The first kappa shape index (κ1) is 12.8. The van der Waals surface area contributed by atoms with Crippen LogP contribution in [0.2, 0.25) is 0 Å². The molecule has 2 aromatic heterocycles. The van der Waals surface area contributed by atoms with Gasteiger partial charge in [0.2, 0.25) is 0 Å². The summed E-state index contributed by atoms with van der Waals surface area (Å²) in [5, 5.41) is 4.14. The van der Waals surface area contributed by atoms with E-state index in [1.54, 1.807) is 18.8 Å². The predicted molar refractivity (Wildman–Crippen MR) is 76.8 cm³/mol. The molecule has 0 amide bonds. The molecule has 1 atom stereocenters. The van der Waals surface area contributed by atoms with Crippen LogP contribution >= 0.6 is 0 Å². The number of hydrogen-bond donors (Lipinski definition) is 1. The van der Waals surface area contributed by atoms with Gasteiger partial charge < -0.3 is 18.9 Å². The van der Waals surface area contributed by atoms with Crippen LogP contribution in [-0.4, -0.2) is 13.6 Å². The summed E-state index contributed by atoms with van der Waals surface area (Å²) >= 11 is 0. The number of hydrogen-bond acceptors (Lipinski definition) is 4. The number of fused-ring (bicyclic) bond motifs is 1. The van der Waals surface area contributed by atoms with Gasteiger partial charge in [-0.3, -0.25) is 0 Å². The monoisotopic (exact) mass is 271 g/mol. The first-order chi connectivity index (χ1) is 9.88. The van der Waals surface area contributed by atoms with Crippen LogP contribution in [0.5, 0.6) is 5.75 Å². The van der Waals surface area contributed by atoms with Crippen LogP contribution in [0.3, 0.4) is 0 Å². The molecule has 0 spiro atoms. The number of benzene rings is 1. The Hall–Kier alpha value is -2.20. The largest absolute Gasteiger partial charge is 0.485 e. The van der Waals surface area contributed by atoms with Gasteiger partial charge in [0.05, 0.1) is 24.2 Å². The maximum absolute atomic E-state index is 6.17. The van der Waals surface area contributed by atoms with Crippen molar-refractivity contribution in [2.24, 2.45) is 0 Å². The second-order valence-electron chi connectivity index (χ2n) is 4.64. The maximum atomic E-state index is 6.17. The number of furan rings is 2. The molecular formula is C16H17NO3. The minimum absolute atomic E-state index is 0.0401. The van der Waals surface area contributed by atoms with Gasteiger partial charge in [-0.1, -0.05) is 6.07 Å². The topological polar surface area (TPSA) is 47.5 Å². The van der Waals surface area contributed by atoms with Crippen molar-refractivity contribution >= 4 is 11.0 Å². The van der Waals surface area contributed by atoms with Gasteiger partial charge in [-0.15, -0.1) is 0 Å². The Balaban J connectivity index is 1.87. The molecule has 0 aliphatic heterocycles. The standard InChI is InChI=1S/C16H17NO3/c1-17-8-5-14(12-6-9-18-11-12)20-16-4-2-3-15-13(16)7-10-19-15/h2-4,6-7,9-11,14,17H,5,8H2,1H3. The SMILES string of the molecule is CNCCC(Oc1cccc2occc12)c1ccoc1. The van der Waals surface area contributed by atoms with E-state index in [1.165, 1.54) is 0 Å². The molecule has 104 valence electrons. The first-order valence-corrected chi connectivity index (χ1v) is 6.68. The van der Waals surface area contributed by atoms with E-state index in [-0.39, 0.29) is 6.10 Å². The lowest BCUT2D eigenvalue weighted by molar-refractivity contribution is 0.196. The van der Waals surface area contributed by atoms with Crippen LogP contribution in [0.1, 0.15) is 18.1 Å². The van der Waals surface area contributed by atoms with Crippen LogP contribution < -0.4 is 10.1 Å². The lowest BCUT2D eigenvalue weighted by atomic mass is 10.1. The molecule has 0 saturated heterocycles. The summed E-state index contributed by atoms with van der Waals surface area (Å²) < 4.78 is 16.7. The Labute approximate surface area is 117 Å². The van der Waals surface area contributed by atoms with E-state index in [2.05, 4.69) is 5.32 Å². The second-order valence-corrected chi connectivity index (χ2v) is 4.64. The third-order valence-electron chi connectivity index (χ3n) is 3.30. The van der Waals surface area contributed by atoms with Gasteiger partial charge in [0.1, 0.15) is 17.4 Å². The van der Waals surface area contributed by atoms with Crippen molar-refractivity contribution in [2.75, 3.05) is 13.6 Å². The Morgan fingerprint density at radius 2 is 2.15 bits per heavy atom. The van der Waals surface area contributed by atoms with Crippen molar-refractivity contribution in [2.45, 2.75) is 12.5 Å². The van der Waals surface area contributed by atoms with Crippen LogP contribution in [-0.2, 0) is 0 Å². The van der Waals surface area contributed by atoms with Crippen molar-refractivity contribution in [3.05, 3.63) is 54.7 Å². The van der Waals surface area contributed by atoms with E-state index in [0.717, 1.165) is 35.2 Å². The molecule has 0 radical (unpaired) electrons. The summed E-state index contributed by atoms with van der Waals surface area (Å²) in [6, 6.07) is 9.70. The van der Waals surface area contributed by atoms with Crippen molar-refractivity contribution in [1.82, 2.24) is 5.32 Å². The lowest BCUT2D eigenvalue weighted by Crippen LogP contribution is -2.15. The van der Waals surface area contributed by atoms with Gasteiger partial charge in [0.25, 0.3) is 0 Å². The molecule has 0 saturated carbocycles. The average Bonchev–Trinajstić information content (AvgIpc) is 3.14. The van der Waals surface area contributed by atoms with Gasteiger partial charge in [-0.25, -0.2) is 0 Å². The molecule has 3 aromatic rings. The molecule has 1 aromatic carbocycles. The van der Waals surface area contributed by atoms with Gasteiger partial charge in [-0.05, 0) is 37.9 Å². The second kappa shape index (κ2) is 5.84. The van der Waals surface area contributed by atoms with Crippen molar-refractivity contribution < 1.29 is 13.6 Å². The van der Waals surface area contributed by atoms with Crippen molar-refractivity contribution in [3.63, 3.8) is 0 Å². The van der Waals surface area contributed by atoms with Crippen LogP contribution in [0, 0.1) is 0 Å². The Bertz CT molecular complexity index is 657. The molecule has 1 unspecified atom stereocenters. The fraction of sp³-hybridized carbons (Fsp3) is 0.250. The molecule has 0 aliphatic carbocycles. The molecule has 0 fully saturated rings. The minimum Gasteiger partial charge on any atom is -0.485 e.